The van der Waals surface area contributed by atoms with E-state index in [-0.39, 0.29) is 22.9 Å². The van der Waals surface area contributed by atoms with Gasteiger partial charge in [-0.2, -0.15) is 0 Å². The van der Waals surface area contributed by atoms with Gasteiger partial charge in [-0.25, -0.2) is 13.6 Å². The zero-order valence-electron chi connectivity index (χ0n) is 11.5. The van der Waals surface area contributed by atoms with E-state index in [1.807, 2.05) is 31.2 Å². The number of hydrogen-bond donors (Lipinski definition) is 2. The van der Waals surface area contributed by atoms with Crippen molar-refractivity contribution in [2.45, 2.75) is 18.2 Å². The van der Waals surface area contributed by atoms with Crippen molar-refractivity contribution in [1.29, 1.82) is 0 Å². The molecule has 0 heterocycles. The molecule has 110 valence electrons. The van der Waals surface area contributed by atoms with E-state index in [9.17, 15) is 13.2 Å². The van der Waals surface area contributed by atoms with Crippen molar-refractivity contribution in [2.24, 2.45) is 5.14 Å². The topological polar surface area (TPSA) is 89.3 Å². The maximum Gasteiger partial charge on any atom is 0.240 e. The highest BCUT2D eigenvalue weighted by Gasteiger charge is 2.15. The van der Waals surface area contributed by atoms with Crippen molar-refractivity contribution < 1.29 is 13.2 Å². The minimum atomic E-state index is -3.87. The lowest BCUT2D eigenvalue weighted by Crippen LogP contribution is -2.19. The Kier molecular flexibility index (Phi) is 4.40. The quantitative estimate of drug-likeness (QED) is 0.903. The van der Waals surface area contributed by atoms with Crippen LogP contribution in [0.2, 0.25) is 0 Å². The first-order valence-electron chi connectivity index (χ1n) is 6.34. The van der Waals surface area contributed by atoms with Gasteiger partial charge in [-0.05, 0) is 30.2 Å². The number of anilines is 1. The van der Waals surface area contributed by atoms with Crippen LogP contribution >= 0.6 is 0 Å². The molecular formula is C15H16N2O3S. The first-order valence-corrected chi connectivity index (χ1v) is 7.89. The lowest BCUT2D eigenvalue weighted by Gasteiger charge is -2.10. The number of nitrogens with two attached hydrogens (primary N) is 1. The van der Waals surface area contributed by atoms with E-state index in [1.165, 1.54) is 12.1 Å². The molecule has 0 aliphatic heterocycles. The standard InChI is InChI=1S/C15H16N2O3S/c1-11-6-2-3-7-12(11)10-15(18)17-13-8-4-5-9-14(13)21(16,19)20/h2-9H,10H2,1H3,(H,17,18)(H2,16,19,20). The number of para-hydroxylation sites is 1. The molecule has 2 aromatic rings. The van der Waals surface area contributed by atoms with Crippen LogP contribution in [-0.2, 0) is 21.2 Å². The van der Waals surface area contributed by atoms with E-state index in [2.05, 4.69) is 5.32 Å². The van der Waals surface area contributed by atoms with Crippen LogP contribution in [0.3, 0.4) is 0 Å². The molecule has 0 aliphatic rings. The summed E-state index contributed by atoms with van der Waals surface area (Å²) in [6.45, 7) is 1.92. The molecule has 0 fully saturated rings. The highest BCUT2D eigenvalue weighted by molar-refractivity contribution is 7.89. The second kappa shape index (κ2) is 6.07. The van der Waals surface area contributed by atoms with E-state index >= 15 is 0 Å². The third-order valence-electron chi connectivity index (χ3n) is 3.08. The molecule has 0 aliphatic carbocycles. The molecule has 21 heavy (non-hydrogen) atoms. The Morgan fingerprint density at radius 3 is 2.38 bits per heavy atom. The number of hydrogen-bond acceptors (Lipinski definition) is 3. The number of primary sulfonamides is 1. The van der Waals surface area contributed by atoms with Crippen LogP contribution in [0.1, 0.15) is 11.1 Å². The van der Waals surface area contributed by atoms with Crippen molar-refractivity contribution in [2.75, 3.05) is 5.32 Å². The fourth-order valence-corrected chi connectivity index (χ4v) is 2.69. The third kappa shape index (κ3) is 3.90. The first kappa shape index (κ1) is 15.2. The summed E-state index contributed by atoms with van der Waals surface area (Å²) in [6.07, 6.45) is 0.172. The van der Waals surface area contributed by atoms with Crippen molar-refractivity contribution in [3.63, 3.8) is 0 Å². The number of amides is 1. The summed E-state index contributed by atoms with van der Waals surface area (Å²) in [6, 6.07) is 13.6. The molecule has 0 spiro atoms. The van der Waals surface area contributed by atoms with Crippen molar-refractivity contribution in [1.82, 2.24) is 0 Å². The molecule has 0 saturated heterocycles. The second-order valence-corrected chi connectivity index (χ2v) is 6.22. The van der Waals surface area contributed by atoms with Gasteiger partial charge in [-0.3, -0.25) is 4.79 Å². The molecule has 1 amide bonds. The van der Waals surface area contributed by atoms with E-state index in [4.69, 9.17) is 5.14 Å². The predicted molar refractivity (Wildman–Crippen MR) is 81.3 cm³/mol. The second-order valence-electron chi connectivity index (χ2n) is 4.69. The summed E-state index contributed by atoms with van der Waals surface area (Å²) in [5.41, 5.74) is 2.09. The van der Waals surface area contributed by atoms with Gasteiger partial charge >= 0.3 is 0 Å². The van der Waals surface area contributed by atoms with Crippen LogP contribution in [0.15, 0.2) is 53.4 Å². The minimum absolute atomic E-state index is 0.0943. The summed E-state index contributed by atoms with van der Waals surface area (Å²) in [5.74, 6) is -0.291. The molecule has 6 heteroatoms. The number of carbonyl (C=O) groups is 1. The largest absolute Gasteiger partial charge is 0.325 e. The molecule has 0 atom stereocenters. The van der Waals surface area contributed by atoms with Crippen molar-refractivity contribution in [3.8, 4) is 0 Å². The Labute approximate surface area is 123 Å². The summed E-state index contributed by atoms with van der Waals surface area (Å²) >= 11 is 0. The number of benzene rings is 2. The summed E-state index contributed by atoms with van der Waals surface area (Å²) in [5, 5.41) is 7.73. The molecule has 2 rings (SSSR count). The Hall–Kier alpha value is -2.18. The minimum Gasteiger partial charge on any atom is -0.325 e. The predicted octanol–water partition coefficient (Wildman–Crippen LogP) is 1.82. The van der Waals surface area contributed by atoms with Gasteiger partial charge in [0.2, 0.25) is 15.9 Å². The maximum absolute atomic E-state index is 12.1. The lowest BCUT2D eigenvalue weighted by molar-refractivity contribution is -0.115. The number of aryl methyl sites for hydroxylation is 1. The molecule has 0 unspecified atom stereocenters. The maximum atomic E-state index is 12.1. The third-order valence-corrected chi connectivity index (χ3v) is 4.05. The van der Waals surface area contributed by atoms with Crippen LogP contribution in [0.5, 0.6) is 0 Å². The fourth-order valence-electron chi connectivity index (χ4n) is 1.99. The molecule has 5 nitrogen and oxygen atoms in total. The Balaban J connectivity index is 2.20. The van der Waals surface area contributed by atoms with Crippen molar-refractivity contribution in [3.05, 3.63) is 59.7 Å². The Morgan fingerprint density at radius 1 is 1.10 bits per heavy atom. The van der Waals surface area contributed by atoms with Crippen LogP contribution < -0.4 is 10.5 Å². The van der Waals surface area contributed by atoms with Gasteiger partial charge < -0.3 is 5.32 Å². The monoisotopic (exact) mass is 304 g/mol. The van der Waals surface area contributed by atoms with Crippen LogP contribution in [-0.4, -0.2) is 14.3 Å². The van der Waals surface area contributed by atoms with Gasteiger partial charge in [0.05, 0.1) is 12.1 Å². The number of sulfonamides is 1. The van der Waals surface area contributed by atoms with Crippen LogP contribution in [0.25, 0.3) is 0 Å². The zero-order valence-corrected chi connectivity index (χ0v) is 12.4. The zero-order chi connectivity index (χ0) is 15.5. The van der Waals surface area contributed by atoms with Gasteiger partial charge in [0.1, 0.15) is 4.90 Å². The summed E-state index contributed by atoms with van der Waals surface area (Å²) in [7, 11) is -3.87. The molecule has 3 N–H and O–H groups in total. The molecule has 0 radical (unpaired) electrons. The van der Waals surface area contributed by atoms with Gasteiger partial charge in [0.15, 0.2) is 0 Å². The van der Waals surface area contributed by atoms with E-state index in [0.29, 0.717) is 0 Å². The average molecular weight is 304 g/mol. The lowest BCUT2D eigenvalue weighted by atomic mass is 10.1. The number of carbonyl (C=O) groups excluding carboxylic acids is 1. The molecular weight excluding hydrogens is 288 g/mol. The highest BCUT2D eigenvalue weighted by Crippen LogP contribution is 2.19. The van der Waals surface area contributed by atoms with E-state index in [0.717, 1.165) is 11.1 Å². The summed E-state index contributed by atoms with van der Waals surface area (Å²) in [4.78, 5) is 12.0. The SMILES string of the molecule is Cc1ccccc1CC(=O)Nc1ccccc1S(N)(=O)=O. The molecule has 0 aromatic heterocycles. The normalized spacial score (nSPS) is 11.1. The number of nitrogens with one attached hydrogen (secondary N) is 1. The smallest absolute Gasteiger partial charge is 0.240 e. The van der Waals surface area contributed by atoms with Crippen LogP contribution in [0, 0.1) is 6.92 Å². The fraction of sp³-hybridized carbons (Fsp3) is 0.133. The first-order chi connectivity index (χ1) is 9.88. The Bertz CT molecular complexity index is 770. The highest BCUT2D eigenvalue weighted by atomic mass is 32.2. The molecule has 0 saturated carbocycles. The molecule has 0 bridgehead atoms. The average Bonchev–Trinajstić information content (AvgIpc) is 2.41. The molecule has 2 aromatic carbocycles. The van der Waals surface area contributed by atoms with Gasteiger partial charge in [0, 0.05) is 0 Å². The van der Waals surface area contributed by atoms with E-state index < -0.39 is 10.0 Å². The van der Waals surface area contributed by atoms with Gasteiger partial charge in [-0.15, -0.1) is 0 Å². The van der Waals surface area contributed by atoms with Gasteiger partial charge in [-0.1, -0.05) is 36.4 Å². The van der Waals surface area contributed by atoms with E-state index in [1.54, 1.807) is 12.1 Å². The van der Waals surface area contributed by atoms with Crippen molar-refractivity contribution >= 4 is 21.6 Å². The van der Waals surface area contributed by atoms with Crippen LogP contribution in [0.4, 0.5) is 5.69 Å². The summed E-state index contributed by atoms with van der Waals surface area (Å²) < 4.78 is 22.9. The number of rotatable bonds is 4. The van der Waals surface area contributed by atoms with Gasteiger partial charge in [0.25, 0.3) is 0 Å². The Morgan fingerprint density at radius 2 is 1.71 bits per heavy atom.